The molecule has 0 N–H and O–H groups in total. The summed E-state index contributed by atoms with van der Waals surface area (Å²) in [5.74, 6) is 13.3. The lowest BCUT2D eigenvalue weighted by atomic mass is 9.80. The van der Waals surface area contributed by atoms with E-state index in [0.717, 1.165) is 51.4 Å². The van der Waals surface area contributed by atoms with Gasteiger partial charge in [-0.1, -0.05) is 53.4 Å². The van der Waals surface area contributed by atoms with Crippen LogP contribution < -0.4 is 0 Å². The van der Waals surface area contributed by atoms with E-state index in [1.807, 2.05) is 0 Å². The molecule has 0 heteroatoms. The van der Waals surface area contributed by atoms with Crippen LogP contribution in [0.5, 0.6) is 0 Å². The van der Waals surface area contributed by atoms with Gasteiger partial charge in [0.15, 0.2) is 0 Å². The predicted octanol–water partition coefficient (Wildman–Crippen LogP) is 5.85. The van der Waals surface area contributed by atoms with Crippen LogP contribution in [0.2, 0.25) is 0 Å². The number of rotatable bonds is 6. The first-order chi connectivity index (χ1) is 11.7. The minimum Gasteiger partial charge on any atom is -0.103 e. The van der Waals surface area contributed by atoms with Gasteiger partial charge in [0.25, 0.3) is 0 Å². The van der Waals surface area contributed by atoms with Gasteiger partial charge in [-0.15, -0.1) is 11.8 Å². The van der Waals surface area contributed by atoms with Gasteiger partial charge in [0.2, 0.25) is 0 Å². The molecule has 0 fully saturated rings. The molecule has 0 aliphatic carbocycles. The van der Waals surface area contributed by atoms with Crippen molar-refractivity contribution in [2.75, 3.05) is 0 Å². The second-order valence-corrected chi connectivity index (χ2v) is 6.05. The van der Waals surface area contributed by atoms with Gasteiger partial charge >= 0.3 is 0 Å². The molecule has 24 heavy (non-hydrogen) atoms. The van der Waals surface area contributed by atoms with Crippen molar-refractivity contribution < 1.29 is 0 Å². The quantitative estimate of drug-likeness (QED) is 0.576. The fraction of sp³-hybridized carbons (Fsp3) is 0.583. The lowest BCUT2D eigenvalue weighted by Gasteiger charge is -2.24. The van der Waals surface area contributed by atoms with Crippen LogP contribution in [0.3, 0.4) is 0 Å². The molecular weight excluding hydrogens is 288 g/mol. The Morgan fingerprint density at radius 1 is 0.417 bits per heavy atom. The summed E-state index contributed by atoms with van der Waals surface area (Å²) in [5.41, 5.74) is 9.22. The Balaban J connectivity index is 3.69. The van der Waals surface area contributed by atoms with Crippen LogP contribution in [-0.2, 0) is 38.5 Å². The molecule has 0 aromatic heterocycles. The van der Waals surface area contributed by atoms with E-state index in [4.69, 9.17) is 0 Å². The summed E-state index contributed by atoms with van der Waals surface area (Å²) in [6.45, 7) is 13.4. The molecule has 0 nitrogen and oxygen atoms in total. The molecule has 0 spiro atoms. The summed E-state index contributed by atoms with van der Waals surface area (Å²) in [7, 11) is 0. The SMILES string of the molecule is CCC#CCc1c(CC)c(CC)c(CC)c(CC)c1CC#CCC. The standard InChI is InChI=1S/C24H34/c1-7-13-15-17-23-21(11-5)19(9-3)20(10-4)22(12-6)24(23)18-16-14-8-2/h7-12,17-18H2,1-6H3. The third kappa shape index (κ3) is 4.68. The van der Waals surface area contributed by atoms with Crippen LogP contribution in [0.25, 0.3) is 0 Å². The fourth-order valence-electron chi connectivity index (χ4n) is 3.78. The van der Waals surface area contributed by atoms with Crippen LogP contribution in [0.15, 0.2) is 0 Å². The Kier molecular flexibility index (Phi) is 9.34. The van der Waals surface area contributed by atoms with Gasteiger partial charge < -0.3 is 0 Å². The Bertz CT molecular complexity index is 594. The smallest absolute Gasteiger partial charge is 0.0346 e. The zero-order valence-corrected chi connectivity index (χ0v) is 16.7. The molecular formula is C24H34. The number of hydrogen-bond donors (Lipinski definition) is 0. The molecule has 0 aliphatic rings. The van der Waals surface area contributed by atoms with Crippen LogP contribution in [-0.4, -0.2) is 0 Å². The second kappa shape index (κ2) is 11.0. The highest BCUT2D eigenvalue weighted by Crippen LogP contribution is 2.31. The van der Waals surface area contributed by atoms with Crippen molar-refractivity contribution in [2.45, 2.75) is 92.9 Å². The summed E-state index contributed by atoms with van der Waals surface area (Å²) in [4.78, 5) is 0. The molecule has 0 radical (unpaired) electrons. The highest BCUT2D eigenvalue weighted by atomic mass is 14.2. The molecule has 0 saturated heterocycles. The van der Waals surface area contributed by atoms with E-state index in [1.54, 1.807) is 22.3 Å². The van der Waals surface area contributed by atoms with Crippen molar-refractivity contribution >= 4 is 0 Å². The van der Waals surface area contributed by atoms with Crippen LogP contribution in [0.1, 0.15) is 87.8 Å². The summed E-state index contributed by atoms with van der Waals surface area (Å²) in [6.07, 6.45) is 8.05. The summed E-state index contributed by atoms with van der Waals surface area (Å²) in [6, 6.07) is 0. The molecule has 0 heterocycles. The van der Waals surface area contributed by atoms with Crippen LogP contribution in [0.4, 0.5) is 0 Å². The van der Waals surface area contributed by atoms with E-state index >= 15 is 0 Å². The van der Waals surface area contributed by atoms with Crippen molar-refractivity contribution in [3.63, 3.8) is 0 Å². The highest BCUT2D eigenvalue weighted by Gasteiger charge is 2.19. The average molecular weight is 323 g/mol. The van der Waals surface area contributed by atoms with E-state index in [1.165, 1.54) is 11.1 Å². The largest absolute Gasteiger partial charge is 0.103 e. The Morgan fingerprint density at radius 3 is 0.958 bits per heavy atom. The molecule has 0 atom stereocenters. The van der Waals surface area contributed by atoms with Crippen molar-refractivity contribution in [2.24, 2.45) is 0 Å². The monoisotopic (exact) mass is 322 g/mol. The van der Waals surface area contributed by atoms with Gasteiger partial charge in [0.05, 0.1) is 0 Å². The molecule has 0 amide bonds. The first-order valence-electron chi connectivity index (χ1n) is 9.78. The van der Waals surface area contributed by atoms with Gasteiger partial charge in [0.1, 0.15) is 0 Å². The Morgan fingerprint density at radius 2 is 0.708 bits per heavy atom. The Labute approximate surface area is 150 Å². The van der Waals surface area contributed by atoms with E-state index in [-0.39, 0.29) is 0 Å². The maximum absolute atomic E-state index is 3.40. The second-order valence-electron chi connectivity index (χ2n) is 6.05. The van der Waals surface area contributed by atoms with Gasteiger partial charge in [-0.2, -0.15) is 0 Å². The lowest BCUT2D eigenvalue weighted by Crippen LogP contribution is -2.12. The van der Waals surface area contributed by atoms with E-state index < -0.39 is 0 Å². The highest BCUT2D eigenvalue weighted by molar-refractivity contribution is 5.54. The Hall–Kier alpha value is -1.66. The zero-order valence-electron chi connectivity index (χ0n) is 16.7. The van der Waals surface area contributed by atoms with E-state index in [2.05, 4.69) is 65.2 Å². The fourth-order valence-corrected chi connectivity index (χ4v) is 3.78. The maximum Gasteiger partial charge on any atom is 0.0346 e. The number of benzene rings is 1. The minimum atomic E-state index is 0.879. The summed E-state index contributed by atoms with van der Waals surface area (Å²) < 4.78 is 0. The van der Waals surface area contributed by atoms with E-state index in [9.17, 15) is 0 Å². The van der Waals surface area contributed by atoms with Crippen molar-refractivity contribution in [3.8, 4) is 23.7 Å². The third-order valence-electron chi connectivity index (χ3n) is 4.73. The van der Waals surface area contributed by atoms with Gasteiger partial charge in [-0.05, 0) is 59.1 Å². The lowest BCUT2D eigenvalue weighted by molar-refractivity contribution is 0.903. The molecule has 0 aliphatic heterocycles. The maximum atomic E-state index is 3.40. The average Bonchev–Trinajstić information content (AvgIpc) is 2.61. The van der Waals surface area contributed by atoms with Gasteiger partial charge in [-0.3, -0.25) is 0 Å². The van der Waals surface area contributed by atoms with Crippen LogP contribution in [0, 0.1) is 23.7 Å². The van der Waals surface area contributed by atoms with Crippen molar-refractivity contribution in [1.29, 1.82) is 0 Å². The molecule has 0 unspecified atom stereocenters. The summed E-state index contributed by atoms with van der Waals surface area (Å²) >= 11 is 0. The van der Waals surface area contributed by atoms with Crippen molar-refractivity contribution in [1.82, 2.24) is 0 Å². The van der Waals surface area contributed by atoms with Gasteiger partial charge in [0, 0.05) is 25.7 Å². The zero-order chi connectivity index (χ0) is 17.9. The molecule has 130 valence electrons. The first kappa shape index (κ1) is 20.4. The molecule has 1 aromatic carbocycles. The van der Waals surface area contributed by atoms with Crippen LogP contribution >= 0.6 is 0 Å². The predicted molar refractivity (Wildman–Crippen MR) is 107 cm³/mol. The minimum absolute atomic E-state index is 0.879. The van der Waals surface area contributed by atoms with Gasteiger partial charge in [-0.25, -0.2) is 0 Å². The molecule has 0 saturated carbocycles. The normalized spacial score (nSPS) is 9.92. The topological polar surface area (TPSA) is 0 Å². The number of hydrogen-bond acceptors (Lipinski definition) is 0. The molecule has 0 bridgehead atoms. The molecule has 1 rings (SSSR count). The first-order valence-corrected chi connectivity index (χ1v) is 9.78. The summed E-state index contributed by atoms with van der Waals surface area (Å²) in [5, 5.41) is 0. The molecule has 1 aromatic rings. The third-order valence-corrected chi connectivity index (χ3v) is 4.73. The van der Waals surface area contributed by atoms with Crippen molar-refractivity contribution in [3.05, 3.63) is 33.4 Å². The van der Waals surface area contributed by atoms with E-state index in [0.29, 0.717) is 0 Å².